The highest BCUT2D eigenvalue weighted by Crippen LogP contribution is 2.13. The van der Waals surface area contributed by atoms with E-state index in [0.717, 1.165) is 11.3 Å². The molecule has 1 aromatic heterocycles. The number of hydrogen-bond acceptors (Lipinski definition) is 3. The smallest absolute Gasteiger partial charge is 0.251 e. The maximum atomic E-state index is 11.3. The zero-order chi connectivity index (χ0) is 12.8. The third kappa shape index (κ3) is 3.07. The lowest BCUT2D eigenvalue weighted by atomic mass is 10.2. The van der Waals surface area contributed by atoms with E-state index >= 15 is 0 Å². The first-order valence-electron chi connectivity index (χ1n) is 5.63. The van der Waals surface area contributed by atoms with E-state index < -0.39 is 0 Å². The summed E-state index contributed by atoms with van der Waals surface area (Å²) in [5.41, 5.74) is 1.62. The first-order valence-corrected chi connectivity index (χ1v) is 5.63. The topological polar surface area (TPSA) is 51.2 Å². The first-order chi connectivity index (χ1) is 8.79. The summed E-state index contributed by atoms with van der Waals surface area (Å²) in [6, 6.07) is 10.8. The molecule has 1 N–H and O–H groups in total. The van der Waals surface area contributed by atoms with Crippen LogP contribution in [0.25, 0.3) is 0 Å². The molecule has 0 spiro atoms. The number of benzene rings is 1. The summed E-state index contributed by atoms with van der Waals surface area (Å²) in [4.78, 5) is 15.4. The van der Waals surface area contributed by atoms with Gasteiger partial charge in [-0.15, -0.1) is 0 Å². The van der Waals surface area contributed by atoms with Gasteiger partial charge in [0.2, 0.25) is 0 Å². The van der Waals surface area contributed by atoms with Gasteiger partial charge in [0.1, 0.15) is 12.4 Å². The highest BCUT2D eigenvalue weighted by Gasteiger charge is 2.02. The Balaban J connectivity index is 1.97. The van der Waals surface area contributed by atoms with E-state index in [9.17, 15) is 4.79 Å². The molecule has 1 amide bonds. The summed E-state index contributed by atoms with van der Waals surface area (Å²) in [5, 5.41) is 2.57. The molecule has 0 bridgehead atoms. The number of nitrogens with zero attached hydrogens (tertiary/aromatic N) is 1. The molecule has 1 aromatic carbocycles. The van der Waals surface area contributed by atoms with Crippen LogP contribution in [0.1, 0.15) is 15.9 Å². The van der Waals surface area contributed by atoms with Crippen molar-refractivity contribution in [2.75, 3.05) is 7.05 Å². The fourth-order valence-electron chi connectivity index (χ4n) is 1.50. The molecule has 0 aliphatic rings. The molecule has 0 aliphatic heterocycles. The van der Waals surface area contributed by atoms with Gasteiger partial charge < -0.3 is 10.1 Å². The van der Waals surface area contributed by atoms with Gasteiger partial charge in [-0.2, -0.15) is 0 Å². The van der Waals surface area contributed by atoms with Crippen LogP contribution in [0.3, 0.4) is 0 Å². The Bertz CT molecular complexity index is 509. The highest BCUT2D eigenvalue weighted by atomic mass is 16.5. The monoisotopic (exact) mass is 242 g/mol. The van der Waals surface area contributed by atoms with Gasteiger partial charge in [0.25, 0.3) is 5.91 Å². The molecule has 18 heavy (non-hydrogen) atoms. The van der Waals surface area contributed by atoms with Crippen molar-refractivity contribution in [1.82, 2.24) is 10.3 Å². The molecule has 0 saturated carbocycles. The SMILES string of the molecule is CNC(=O)c1ccc(OCc2cccnc2)cc1. The molecule has 4 nitrogen and oxygen atoms in total. The van der Waals surface area contributed by atoms with Crippen molar-refractivity contribution in [3.8, 4) is 5.75 Å². The van der Waals surface area contributed by atoms with Crippen molar-refractivity contribution in [2.24, 2.45) is 0 Å². The largest absolute Gasteiger partial charge is 0.489 e. The van der Waals surface area contributed by atoms with E-state index in [4.69, 9.17) is 4.74 Å². The number of hydrogen-bond donors (Lipinski definition) is 1. The van der Waals surface area contributed by atoms with Crippen molar-refractivity contribution < 1.29 is 9.53 Å². The number of amides is 1. The molecule has 0 unspecified atom stereocenters. The van der Waals surface area contributed by atoms with Gasteiger partial charge in [0.15, 0.2) is 0 Å². The van der Waals surface area contributed by atoms with Crippen molar-refractivity contribution in [2.45, 2.75) is 6.61 Å². The standard InChI is InChI=1S/C14H14N2O2/c1-15-14(17)12-4-6-13(7-5-12)18-10-11-3-2-8-16-9-11/h2-9H,10H2,1H3,(H,15,17). The maximum Gasteiger partial charge on any atom is 0.251 e. The minimum Gasteiger partial charge on any atom is -0.489 e. The lowest BCUT2D eigenvalue weighted by molar-refractivity contribution is 0.0963. The number of pyridine rings is 1. The van der Waals surface area contributed by atoms with Crippen LogP contribution < -0.4 is 10.1 Å². The molecular weight excluding hydrogens is 228 g/mol. The van der Waals surface area contributed by atoms with Gasteiger partial charge in [-0.1, -0.05) is 6.07 Å². The summed E-state index contributed by atoms with van der Waals surface area (Å²) < 4.78 is 5.59. The Morgan fingerprint density at radius 2 is 2.06 bits per heavy atom. The molecular formula is C14H14N2O2. The zero-order valence-electron chi connectivity index (χ0n) is 10.1. The Morgan fingerprint density at radius 3 is 2.67 bits per heavy atom. The molecule has 1 heterocycles. The van der Waals surface area contributed by atoms with Gasteiger partial charge >= 0.3 is 0 Å². The van der Waals surface area contributed by atoms with Crippen LogP contribution in [0.4, 0.5) is 0 Å². The zero-order valence-corrected chi connectivity index (χ0v) is 10.1. The van der Waals surface area contributed by atoms with Gasteiger partial charge in [-0.3, -0.25) is 9.78 Å². The van der Waals surface area contributed by atoms with Gasteiger partial charge in [0, 0.05) is 30.6 Å². The molecule has 0 atom stereocenters. The maximum absolute atomic E-state index is 11.3. The van der Waals surface area contributed by atoms with Crippen molar-refractivity contribution in [1.29, 1.82) is 0 Å². The van der Waals surface area contributed by atoms with Crippen molar-refractivity contribution in [3.63, 3.8) is 0 Å². The van der Waals surface area contributed by atoms with Crippen LogP contribution in [0.2, 0.25) is 0 Å². The van der Waals surface area contributed by atoms with Crippen LogP contribution in [0, 0.1) is 0 Å². The van der Waals surface area contributed by atoms with E-state index in [1.54, 1.807) is 43.7 Å². The van der Waals surface area contributed by atoms with E-state index in [-0.39, 0.29) is 5.91 Å². The molecule has 2 rings (SSSR count). The van der Waals surface area contributed by atoms with E-state index in [1.807, 2.05) is 12.1 Å². The predicted octanol–water partition coefficient (Wildman–Crippen LogP) is 2.02. The Hall–Kier alpha value is -2.36. The minimum atomic E-state index is -0.103. The minimum absolute atomic E-state index is 0.103. The average molecular weight is 242 g/mol. The second kappa shape index (κ2) is 5.82. The quantitative estimate of drug-likeness (QED) is 0.892. The predicted molar refractivity (Wildman–Crippen MR) is 68.4 cm³/mol. The second-order valence-electron chi connectivity index (χ2n) is 3.75. The number of carbonyl (C=O) groups is 1. The Labute approximate surface area is 106 Å². The lowest BCUT2D eigenvalue weighted by Gasteiger charge is -2.06. The molecule has 0 fully saturated rings. The molecule has 2 aromatic rings. The fourth-order valence-corrected chi connectivity index (χ4v) is 1.50. The molecule has 0 radical (unpaired) electrons. The van der Waals surface area contributed by atoms with E-state index in [2.05, 4.69) is 10.3 Å². The third-order valence-corrected chi connectivity index (χ3v) is 2.47. The van der Waals surface area contributed by atoms with Gasteiger partial charge in [-0.25, -0.2) is 0 Å². The van der Waals surface area contributed by atoms with Gasteiger partial charge in [0.05, 0.1) is 0 Å². The Kier molecular flexibility index (Phi) is 3.91. The lowest BCUT2D eigenvalue weighted by Crippen LogP contribution is -2.17. The van der Waals surface area contributed by atoms with Crippen LogP contribution in [0.5, 0.6) is 5.75 Å². The van der Waals surface area contributed by atoms with Crippen LogP contribution in [-0.2, 0) is 6.61 Å². The molecule has 4 heteroatoms. The summed E-state index contributed by atoms with van der Waals surface area (Å²) in [5.74, 6) is 0.625. The fraction of sp³-hybridized carbons (Fsp3) is 0.143. The Morgan fingerprint density at radius 1 is 1.28 bits per heavy atom. The van der Waals surface area contributed by atoms with Crippen LogP contribution in [-0.4, -0.2) is 17.9 Å². The molecule has 92 valence electrons. The summed E-state index contributed by atoms with van der Waals surface area (Å²) >= 11 is 0. The number of rotatable bonds is 4. The first kappa shape index (κ1) is 12.1. The average Bonchev–Trinajstić information content (AvgIpc) is 2.46. The number of aromatic nitrogens is 1. The number of carbonyl (C=O) groups excluding carboxylic acids is 1. The summed E-state index contributed by atoms with van der Waals surface area (Å²) in [6.07, 6.45) is 3.49. The molecule has 0 aliphatic carbocycles. The van der Waals surface area contributed by atoms with Crippen LogP contribution in [0.15, 0.2) is 48.8 Å². The number of nitrogens with one attached hydrogen (secondary N) is 1. The van der Waals surface area contributed by atoms with E-state index in [1.165, 1.54) is 0 Å². The van der Waals surface area contributed by atoms with Crippen molar-refractivity contribution >= 4 is 5.91 Å². The summed E-state index contributed by atoms with van der Waals surface area (Å²) in [6.45, 7) is 0.465. The van der Waals surface area contributed by atoms with Gasteiger partial charge in [-0.05, 0) is 30.3 Å². The highest BCUT2D eigenvalue weighted by molar-refractivity contribution is 5.94. The second-order valence-corrected chi connectivity index (χ2v) is 3.75. The van der Waals surface area contributed by atoms with Crippen molar-refractivity contribution in [3.05, 3.63) is 59.9 Å². The van der Waals surface area contributed by atoms with Crippen LogP contribution >= 0.6 is 0 Å². The molecule has 0 saturated heterocycles. The summed E-state index contributed by atoms with van der Waals surface area (Å²) in [7, 11) is 1.61. The number of ether oxygens (including phenoxy) is 1. The third-order valence-electron chi connectivity index (χ3n) is 2.47. The van der Waals surface area contributed by atoms with E-state index in [0.29, 0.717) is 12.2 Å². The normalized spacial score (nSPS) is 9.83.